The smallest absolute Gasteiger partial charge is 0.465 e. The zero-order chi connectivity index (χ0) is 23.3. The molecule has 1 aliphatic rings. The van der Waals surface area contributed by atoms with Crippen LogP contribution in [0.5, 0.6) is 5.75 Å². The molecule has 0 aliphatic carbocycles. The van der Waals surface area contributed by atoms with E-state index in [4.69, 9.17) is 5.11 Å². The highest BCUT2D eigenvalue weighted by Gasteiger charge is 2.32. The van der Waals surface area contributed by atoms with Crippen LogP contribution in [0.2, 0.25) is 0 Å². The summed E-state index contributed by atoms with van der Waals surface area (Å²) in [4.78, 5) is 27.0. The van der Waals surface area contributed by atoms with E-state index >= 15 is 0 Å². The number of amides is 1. The second-order valence-electron chi connectivity index (χ2n) is 7.12. The highest BCUT2D eigenvalue weighted by atomic mass is 19.4. The summed E-state index contributed by atoms with van der Waals surface area (Å²) in [6.07, 6.45) is -4.14. The van der Waals surface area contributed by atoms with Gasteiger partial charge in [-0.15, -0.1) is 13.2 Å². The summed E-state index contributed by atoms with van der Waals surface area (Å²) in [7, 11) is 0. The number of nitro groups is 1. The minimum Gasteiger partial charge on any atom is -0.465 e. The number of rotatable bonds is 8. The average molecular weight is 455 g/mol. The molecule has 2 aromatic rings. The molecule has 0 bridgehead atoms. The van der Waals surface area contributed by atoms with Crippen molar-refractivity contribution in [2.24, 2.45) is 5.92 Å². The molecular formula is C19H20F3N5O5. The quantitative estimate of drug-likeness (QED) is 0.404. The number of alkyl halides is 3. The number of ether oxygens (including phenoxy) is 1. The molecule has 1 aliphatic heterocycles. The van der Waals surface area contributed by atoms with Gasteiger partial charge in [-0.25, -0.2) is 9.78 Å². The number of likely N-dealkylation sites (tertiary alicyclic amines) is 1. The van der Waals surface area contributed by atoms with Gasteiger partial charge in [0.2, 0.25) is 0 Å². The Hall–Kier alpha value is -3.77. The molecule has 13 heteroatoms. The Kier molecular flexibility index (Phi) is 6.85. The van der Waals surface area contributed by atoms with E-state index in [2.05, 4.69) is 20.4 Å². The zero-order valence-corrected chi connectivity index (χ0v) is 16.6. The van der Waals surface area contributed by atoms with Crippen LogP contribution in [0.25, 0.3) is 0 Å². The van der Waals surface area contributed by atoms with Crippen LogP contribution in [0.4, 0.5) is 35.2 Å². The molecule has 1 aromatic carbocycles. The molecule has 1 fully saturated rings. The molecule has 10 nitrogen and oxygen atoms in total. The van der Waals surface area contributed by atoms with E-state index in [0.717, 1.165) is 12.3 Å². The van der Waals surface area contributed by atoms with Crippen molar-refractivity contribution < 1.29 is 32.7 Å². The predicted octanol–water partition coefficient (Wildman–Crippen LogP) is 3.91. The molecule has 1 amide bonds. The Bertz CT molecular complexity index is 988. The summed E-state index contributed by atoms with van der Waals surface area (Å²) in [5, 5.41) is 26.2. The van der Waals surface area contributed by atoms with Crippen molar-refractivity contribution in [3.63, 3.8) is 0 Å². The fourth-order valence-corrected chi connectivity index (χ4v) is 3.32. The maximum absolute atomic E-state index is 12.6. The third-order valence-electron chi connectivity index (χ3n) is 4.88. The van der Waals surface area contributed by atoms with Crippen LogP contribution in [0.15, 0.2) is 36.5 Å². The van der Waals surface area contributed by atoms with Crippen LogP contribution >= 0.6 is 0 Å². The summed E-state index contributed by atoms with van der Waals surface area (Å²) < 4.78 is 41.8. The Morgan fingerprint density at radius 1 is 1.34 bits per heavy atom. The van der Waals surface area contributed by atoms with Crippen molar-refractivity contribution in [2.75, 3.05) is 30.3 Å². The number of halogens is 3. The molecule has 1 aromatic heterocycles. The van der Waals surface area contributed by atoms with E-state index in [-0.39, 0.29) is 29.4 Å². The second-order valence-corrected chi connectivity index (χ2v) is 7.12. The average Bonchev–Trinajstić information content (AvgIpc) is 3.20. The summed E-state index contributed by atoms with van der Waals surface area (Å²) in [5.41, 5.74) is -0.124. The number of pyridine rings is 1. The topological polar surface area (TPSA) is 130 Å². The van der Waals surface area contributed by atoms with Gasteiger partial charge in [0.25, 0.3) is 0 Å². The van der Waals surface area contributed by atoms with Crippen LogP contribution < -0.4 is 15.4 Å². The maximum atomic E-state index is 12.6. The first-order chi connectivity index (χ1) is 15.1. The number of para-hydroxylation sites is 1. The molecule has 172 valence electrons. The van der Waals surface area contributed by atoms with Gasteiger partial charge in [0.05, 0.1) is 4.92 Å². The van der Waals surface area contributed by atoms with E-state index in [1.54, 1.807) is 0 Å². The lowest BCUT2D eigenvalue weighted by Crippen LogP contribution is -2.28. The molecule has 2 heterocycles. The standard InChI is InChI=1S/C19H20F3N5O5/c20-19(21,22)32-16-4-2-1-3-13(16)9-23-14-7-17(25-10-15(14)27(30)31)24-8-12-5-6-26(11-12)18(28)29/h1-4,7,10,12H,5-6,8-9,11H2,(H,28,29)(H2,23,24,25). The fourth-order valence-electron chi connectivity index (χ4n) is 3.32. The van der Waals surface area contributed by atoms with Gasteiger partial charge >= 0.3 is 18.1 Å². The number of carboxylic acid groups (broad SMARTS) is 1. The molecular weight excluding hydrogens is 435 g/mol. The summed E-state index contributed by atoms with van der Waals surface area (Å²) in [5.74, 6) is -0.0376. The molecule has 0 radical (unpaired) electrons. The number of hydrogen-bond donors (Lipinski definition) is 3. The van der Waals surface area contributed by atoms with Gasteiger partial charge < -0.3 is 25.4 Å². The number of benzene rings is 1. The third kappa shape index (κ3) is 6.12. The van der Waals surface area contributed by atoms with Gasteiger partial charge in [-0.1, -0.05) is 18.2 Å². The number of hydrogen-bond acceptors (Lipinski definition) is 7. The monoisotopic (exact) mass is 455 g/mol. The minimum absolute atomic E-state index is 0.0610. The number of nitrogens with zero attached hydrogens (tertiary/aromatic N) is 3. The zero-order valence-electron chi connectivity index (χ0n) is 16.6. The van der Waals surface area contributed by atoms with E-state index in [9.17, 15) is 28.1 Å². The number of nitrogens with one attached hydrogen (secondary N) is 2. The lowest BCUT2D eigenvalue weighted by molar-refractivity contribution is -0.384. The molecule has 1 unspecified atom stereocenters. The minimum atomic E-state index is -4.87. The first-order valence-electron chi connectivity index (χ1n) is 9.56. The fraction of sp³-hybridized carbons (Fsp3) is 0.368. The normalized spacial score (nSPS) is 16.0. The van der Waals surface area contributed by atoms with Gasteiger partial charge in [0, 0.05) is 37.8 Å². The van der Waals surface area contributed by atoms with Crippen molar-refractivity contribution in [1.82, 2.24) is 9.88 Å². The van der Waals surface area contributed by atoms with Crippen LogP contribution in [0, 0.1) is 16.0 Å². The van der Waals surface area contributed by atoms with E-state index in [1.807, 2.05) is 0 Å². The van der Waals surface area contributed by atoms with E-state index in [1.165, 1.54) is 29.2 Å². The van der Waals surface area contributed by atoms with Crippen molar-refractivity contribution in [3.8, 4) is 5.75 Å². The Labute approximate surface area is 180 Å². The molecule has 0 spiro atoms. The largest absolute Gasteiger partial charge is 0.573 e. The SMILES string of the molecule is O=C(O)N1CCC(CNc2cc(NCc3ccccc3OC(F)(F)F)c([N+](=O)[O-])cn2)C1. The highest BCUT2D eigenvalue weighted by Crippen LogP contribution is 2.30. The van der Waals surface area contributed by atoms with Gasteiger partial charge in [0.15, 0.2) is 0 Å². The summed E-state index contributed by atoms with van der Waals surface area (Å²) in [6, 6.07) is 6.86. The number of carbonyl (C=O) groups is 1. The first-order valence-corrected chi connectivity index (χ1v) is 9.56. The van der Waals surface area contributed by atoms with E-state index < -0.39 is 23.1 Å². The highest BCUT2D eigenvalue weighted by molar-refractivity contribution is 5.66. The molecule has 1 atom stereocenters. The third-order valence-corrected chi connectivity index (χ3v) is 4.88. The lowest BCUT2D eigenvalue weighted by Gasteiger charge is -2.15. The van der Waals surface area contributed by atoms with Crippen LogP contribution in [0.3, 0.4) is 0 Å². The second kappa shape index (κ2) is 9.58. The molecule has 0 saturated carbocycles. The van der Waals surface area contributed by atoms with Crippen molar-refractivity contribution in [1.29, 1.82) is 0 Å². The first kappa shape index (κ1) is 22.9. The van der Waals surface area contributed by atoms with Crippen molar-refractivity contribution in [3.05, 3.63) is 52.2 Å². The maximum Gasteiger partial charge on any atom is 0.573 e. The van der Waals surface area contributed by atoms with Gasteiger partial charge in [-0.2, -0.15) is 0 Å². The lowest BCUT2D eigenvalue weighted by atomic mass is 10.1. The Morgan fingerprint density at radius 3 is 2.75 bits per heavy atom. The predicted molar refractivity (Wildman–Crippen MR) is 108 cm³/mol. The van der Waals surface area contributed by atoms with Gasteiger partial charge in [-0.05, 0) is 18.4 Å². The van der Waals surface area contributed by atoms with Gasteiger partial charge in [-0.3, -0.25) is 10.1 Å². The molecule has 32 heavy (non-hydrogen) atoms. The van der Waals surface area contributed by atoms with Crippen molar-refractivity contribution in [2.45, 2.75) is 19.3 Å². The van der Waals surface area contributed by atoms with Crippen LogP contribution in [-0.2, 0) is 6.54 Å². The molecule has 3 rings (SSSR count). The Balaban J connectivity index is 1.69. The van der Waals surface area contributed by atoms with Crippen LogP contribution in [0.1, 0.15) is 12.0 Å². The molecule has 3 N–H and O–H groups in total. The summed E-state index contributed by atoms with van der Waals surface area (Å²) >= 11 is 0. The molecule has 1 saturated heterocycles. The number of anilines is 2. The Morgan fingerprint density at radius 2 is 2.09 bits per heavy atom. The summed E-state index contributed by atoms with van der Waals surface area (Å²) in [6.45, 7) is 1.06. The van der Waals surface area contributed by atoms with Gasteiger partial charge in [0.1, 0.15) is 23.5 Å². The van der Waals surface area contributed by atoms with E-state index in [0.29, 0.717) is 31.9 Å². The van der Waals surface area contributed by atoms with Crippen LogP contribution in [-0.4, -0.2) is 52.0 Å². The van der Waals surface area contributed by atoms with Crippen molar-refractivity contribution >= 4 is 23.3 Å². The number of aromatic nitrogens is 1.